The third-order valence-corrected chi connectivity index (χ3v) is 7.42. The van der Waals surface area contributed by atoms with E-state index in [1.165, 1.54) is 49.4 Å². The van der Waals surface area contributed by atoms with Crippen molar-refractivity contribution in [2.75, 3.05) is 0 Å². The first-order valence-corrected chi connectivity index (χ1v) is 11.7. The predicted octanol–water partition coefficient (Wildman–Crippen LogP) is 8.88. The van der Waals surface area contributed by atoms with Gasteiger partial charge in [-0.05, 0) is 97.3 Å². The average Bonchev–Trinajstić information content (AvgIpc) is 2.76. The fraction of sp³-hybridized carbons (Fsp3) is 0.250. The topological polar surface area (TPSA) is 0 Å². The van der Waals surface area contributed by atoms with E-state index in [0.29, 0.717) is 0 Å². The second-order valence-electron chi connectivity index (χ2n) is 11.0. The van der Waals surface area contributed by atoms with Crippen molar-refractivity contribution in [3.8, 4) is 11.1 Å². The zero-order valence-electron chi connectivity index (χ0n) is 19.4. The van der Waals surface area contributed by atoms with Crippen LogP contribution < -0.4 is 0 Å². The lowest BCUT2D eigenvalue weighted by molar-refractivity contribution is 0.429. The van der Waals surface area contributed by atoms with E-state index in [4.69, 9.17) is 0 Å². The third-order valence-electron chi connectivity index (χ3n) is 7.42. The molecule has 0 aliphatic heterocycles. The zero-order valence-corrected chi connectivity index (χ0v) is 19.4. The first-order valence-electron chi connectivity index (χ1n) is 11.7. The van der Waals surface area contributed by atoms with Gasteiger partial charge in [0.1, 0.15) is 0 Å². The molecule has 4 aromatic carbocycles. The van der Waals surface area contributed by atoms with Crippen LogP contribution in [0.5, 0.6) is 0 Å². The second kappa shape index (κ2) is 6.69. The highest BCUT2D eigenvalue weighted by Gasteiger charge is 2.36. The molecule has 0 fully saturated rings. The molecule has 0 bridgehead atoms. The second-order valence-corrected chi connectivity index (χ2v) is 11.0. The molecule has 32 heavy (non-hydrogen) atoms. The zero-order chi connectivity index (χ0) is 22.1. The molecule has 0 unspecified atom stereocenters. The van der Waals surface area contributed by atoms with Crippen molar-refractivity contribution in [3.63, 3.8) is 0 Å². The monoisotopic (exact) mass is 413 g/mol. The standard InChI is InChI=1S/C32H29/c1-31(2)17-16-27-24(19-31)20-32(3,4)30-28-14-12-22(18-23(28)13-15-29(27)30)26-11-7-9-21-8-5-6-10-25(21)26/h5-6,8-18H,19-20H2,1-4H3. The Morgan fingerprint density at radius 2 is 1.59 bits per heavy atom. The van der Waals surface area contributed by atoms with Gasteiger partial charge in [0.15, 0.2) is 0 Å². The van der Waals surface area contributed by atoms with Crippen LogP contribution in [0, 0.1) is 11.5 Å². The van der Waals surface area contributed by atoms with Crippen LogP contribution in [0.1, 0.15) is 51.7 Å². The smallest absolute Gasteiger partial charge is 0.00538 e. The maximum absolute atomic E-state index is 3.34. The minimum atomic E-state index is 0.129. The van der Waals surface area contributed by atoms with Gasteiger partial charge in [0, 0.05) is 0 Å². The normalized spacial score (nSPS) is 18.6. The third kappa shape index (κ3) is 2.97. The molecule has 157 valence electrons. The van der Waals surface area contributed by atoms with E-state index in [2.05, 4.69) is 113 Å². The number of benzene rings is 4. The van der Waals surface area contributed by atoms with E-state index in [9.17, 15) is 0 Å². The van der Waals surface area contributed by atoms with E-state index in [1.54, 1.807) is 5.57 Å². The highest BCUT2D eigenvalue weighted by atomic mass is 14.4. The lowest BCUT2D eigenvalue weighted by Crippen LogP contribution is -2.27. The summed E-state index contributed by atoms with van der Waals surface area (Å²) >= 11 is 0. The number of rotatable bonds is 1. The maximum atomic E-state index is 3.34. The first kappa shape index (κ1) is 19.6. The number of hydrogen-bond acceptors (Lipinski definition) is 0. The van der Waals surface area contributed by atoms with Crippen LogP contribution in [-0.2, 0) is 5.41 Å². The molecule has 2 aliphatic rings. The van der Waals surface area contributed by atoms with E-state index >= 15 is 0 Å². The number of fused-ring (bicyclic) bond motifs is 5. The van der Waals surface area contributed by atoms with Gasteiger partial charge in [-0.15, -0.1) is 0 Å². The van der Waals surface area contributed by atoms with Crippen LogP contribution >= 0.6 is 0 Å². The number of hydrogen-bond donors (Lipinski definition) is 0. The summed E-state index contributed by atoms with van der Waals surface area (Å²) in [5, 5.41) is 5.24. The van der Waals surface area contributed by atoms with Crippen molar-refractivity contribution in [1.82, 2.24) is 0 Å². The SMILES string of the molecule is CC1(C)C=CC2=C(C1)CC(C)(C)c1c2ccc2cc(-c3c[c]cc4ccccc34)ccc12. The number of allylic oxidation sites excluding steroid dienone is 4. The summed E-state index contributed by atoms with van der Waals surface area (Å²) in [4.78, 5) is 0. The first-order chi connectivity index (χ1) is 15.3. The molecular weight excluding hydrogens is 384 g/mol. The van der Waals surface area contributed by atoms with Crippen molar-refractivity contribution in [2.45, 2.75) is 46.0 Å². The molecule has 0 spiro atoms. The van der Waals surface area contributed by atoms with E-state index in [-0.39, 0.29) is 10.8 Å². The van der Waals surface area contributed by atoms with Gasteiger partial charge in [-0.25, -0.2) is 0 Å². The highest BCUT2D eigenvalue weighted by molar-refractivity contribution is 6.01. The molecule has 0 atom stereocenters. The molecular formula is C32H29. The van der Waals surface area contributed by atoms with E-state index < -0.39 is 0 Å². The predicted molar refractivity (Wildman–Crippen MR) is 138 cm³/mol. The minimum absolute atomic E-state index is 0.129. The molecule has 0 aromatic heterocycles. The average molecular weight is 414 g/mol. The van der Waals surface area contributed by atoms with Crippen LogP contribution in [0.2, 0.25) is 0 Å². The van der Waals surface area contributed by atoms with Gasteiger partial charge >= 0.3 is 0 Å². The quantitative estimate of drug-likeness (QED) is 0.292. The van der Waals surface area contributed by atoms with Gasteiger partial charge in [-0.3, -0.25) is 0 Å². The summed E-state index contributed by atoms with van der Waals surface area (Å²) < 4.78 is 0. The molecule has 2 aliphatic carbocycles. The van der Waals surface area contributed by atoms with Gasteiger partial charge in [0.05, 0.1) is 0 Å². The maximum Gasteiger partial charge on any atom is -0.00538 e. The van der Waals surface area contributed by atoms with Crippen molar-refractivity contribution in [1.29, 1.82) is 0 Å². The van der Waals surface area contributed by atoms with E-state index in [0.717, 1.165) is 12.8 Å². The summed E-state index contributed by atoms with van der Waals surface area (Å²) in [5.74, 6) is 0. The molecule has 0 amide bonds. The van der Waals surface area contributed by atoms with Crippen molar-refractivity contribution in [2.24, 2.45) is 5.41 Å². The Morgan fingerprint density at radius 3 is 2.47 bits per heavy atom. The molecule has 0 saturated carbocycles. The Bertz CT molecular complexity index is 1450. The van der Waals surface area contributed by atoms with Crippen molar-refractivity contribution in [3.05, 3.63) is 102 Å². The van der Waals surface area contributed by atoms with Crippen molar-refractivity contribution < 1.29 is 0 Å². The summed E-state index contributed by atoms with van der Waals surface area (Å²) in [6.07, 6.45) is 7.09. The van der Waals surface area contributed by atoms with Gasteiger partial charge in [-0.2, -0.15) is 0 Å². The Morgan fingerprint density at radius 1 is 0.750 bits per heavy atom. The lowest BCUT2D eigenvalue weighted by Gasteiger charge is -2.40. The summed E-state index contributed by atoms with van der Waals surface area (Å²) in [6.45, 7) is 9.55. The summed E-state index contributed by atoms with van der Waals surface area (Å²) in [6, 6.07) is 27.8. The summed E-state index contributed by atoms with van der Waals surface area (Å²) in [7, 11) is 0. The van der Waals surface area contributed by atoms with Crippen molar-refractivity contribution >= 4 is 27.1 Å². The van der Waals surface area contributed by atoms with Gasteiger partial charge < -0.3 is 0 Å². The molecule has 0 heterocycles. The molecule has 0 nitrogen and oxygen atoms in total. The van der Waals surface area contributed by atoms with Crippen LogP contribution in [-0.4, -0.2) is 0 Å². The molecule has 4 aromatic rings. The van der Waals surface area contributed by atoms with E-state index in [1.807, 2.05) is 0 Å². The molecule has 0 N–H and O–H groups in total. The largest absolute Gasteiger partial charge is 0.0779 e. The minimum Gasteiger partial charge on any atom is -0.0779 e. The lowest BCUT2D eigenvalue weighted by atomic mass is 9.64. The fourth-order valence-corrected chi connectivity index (χ4v) is 6.04. The van der Waals surface area contributed by atoms with Crippen LogP contribution in [0.15, 0.2) is 84.5 Å². The Labute approximate surface area is 191 Å². The van der Waals surface area contributed by atoms with Gasteiger partial charge in [-0.1, -0.05) is 94.0 Å². The molecule has 1 radical (unpaired) electrons. The van der Waals surface area contributed by atoms with Gasteiger partial charge in [0.25, 0.3) is 0 Å². The highest BCUT2D eigenvalue weighted by Crippen LogP contribution is 2.51. The Hall–Kier alpha value is -3.12. The van der Waals surface area contributed by atoms with Gasteiger partial charge in [0.2, 0.25) is 0 Å². The molecule has 6 rings (SSSR count). The molecule has 0 saturated heterocycles. The van der Waals surface area contributed by atoms with Crippen LogP contribution in [0.3, 0.4) is 0 Å². The summed E-state index contributed by atoms with van der Waals surface area (Å²) in [5.41, 5.74) is 8.93. The fourth-order valence-electron chi connectivity index (χ4n) is 6.04. The Kier molecular flexibility index (Phi) is 4.09. The van der Waals surface area contributed by atoms with Crippen LogP contribution in [0.25, 0.3) is 38.2 Å². The van der Waals surface area contributed by atoms with Crippen LogP contribution in [0.4, 0.5) is 0 Å². The molecule has 0 heteroatoms. The Balaban J connectivity index is 1.55.